The number of halogens is 1. The van der Waals surface area contributed by atoms with Crippen LogP contribution in [0.1, 0.15) is 11.7 Å². The van der Waals surface area contributed by atoms with Gasteiger partial charge in [0.2, 0.25) is 0 Å². The molecule has 2 rings (SSSR count). The molecule has 1 unspecified atom stereocenters. The van der Waals surface area contributed by atoms with Crippen LogP contribution in [0.4, 0.5) is 0 Å². The van der Waals surface area contributed by atoms with Crippen LogP contribution in [-0.4, -0.2) is 15.4 Å². The summed E-state index contributed by atoms with van der Waals surface area (Å²) in [5.41, 5.74) is 2.35. The van der Waals surface area contributed by atoms with Crippen molar-refractivity contribution in [3.8, 4) is 0 Å². The highest BCUT2D eigenvalue weighted by Gasteiger charge is 2.07. The predicted octanol–water partition coefficient (Wildman–Crippen LogP) is 2.26. The van der Waals surface area contributed by atoms with Crippen LogP contribution in [0.15, 0.2) is 29.0 Å². The van der Waals surface area contributed by atoms with E-state index in [0.717, 1.165) is 11.1 Å². The molecule has 0 aliphatic heterocycles. The summed E-state index contributed by atoms with van der Waals surface area (Å²) < 4.78 is 5.12. The van der Waals surface area contributed by atoms with Gasteiger partial charge in [-0.3, -0.25) is 0 Å². The van der Waals surface area contributed by atoms with Crippen LogP contribution < -0.4 is 0 Å². The molecule has 0 saturated carbocycles. The lowest BCUT2D eigenvalue weighted by atomic mass is 10.1. The normalized spacial score (nSPS) is 13.4. The van der Waals surface area contributed by atoms with Crippen LogP contribution in [0, 0.1) is 0 Å². The molecule has 1 heterocycles. The second kappa shape index (κ2) is 3.47. The molecule has 13 heavy (non-hydrogen) atoms. The molecule has 0 amide bonds. The summed E-state index contributed by atoms with van der Waals surface area (Å²) in [6.45, 7) is 0. The van der Waals surface area contributed by atoms with Crippen LogP contribution in [0.5, 0.6) is 0 Å². The SMILES string of the molecule is OC(CBr)c1ccc2ncoc2c1. The summed E-state index contributed by atoms with van der Waals surface area (Å²) in [7, 11) is 0. The summed E-state index contributed by atoms with van der Waals surface area (Å²) in [4.78, 5) is 3.98. The first-order valence-corrected chi connectivity index (χ1v) is 5.00. The van der Waals surface area contributed by atoms with Crippen LogP contribution >= 0.6 is 15.9 Å². The third-order valence-electron chi connectivity index (χ3n) is 1.89. The zero-order valence-corrected chi connectivity index (χ0v) is 8.36. The Kier molecular flexibility index (Phi) is 2.33. The molecule has 0 aliphatic rings. The Bertz CT molecular complexity index is 413. The average molecular weight is 242 g/mol. The van der Waals surface area contributed by atoms with E-state index in [-0.39, 0.29) is 0 Å². The largest absolute Gasteiger partial charge is 0.443 e. The molecule has 4 heteroatoms. The zero-order valence-electron chi connectivity index (χ0n) is 6.77. The maximum absolute atomic E-state index is 9.52. The van der Waals surface area contributed by atoms with Crippen molar-refractivity contribution in [3.05, 3.63) is 30.2 Å². The number of nitrogens with zero attached hydrogens (tertiary/aromatic N) is 1. The van der Waals surface area contributed by atoms with Gasteiger partial charge >= 0.3 is 0 Å². The monoisotopic (exact) mass is 241 g/mol. The number of aliphatic hydroxyl groups excluding tert-OH is 1. The summed E-state index contributed by atoms with van der Waals surface area (Å²) in [5, 5.41) is 10.0. The van der Waals surface area contributed by atoms with E-state index in [1.807, 2.05) is 12.1 Å². The van der Waals surface area contributed by atoms with Gasteiger partial charge in [-0.15, -0.1) is 0 Å². The Balaban J connectivity index is 2.48. The van der Waals surface area contributed by atoms with Gasteiger partial charge in [0.05, 0.1) is 6.10 Å². The summed E-state index contributed by atoms with van der Waals surface area (Å²) in [5.74, 6) is 0. The van der Waals surface area contributed by atoms with E-state index < -0.39 is 6.10 Å². The molecule has 0 fully saturated rings. The number of hydrogen-bond acceptors (Lipinski definition) is 3. The first-order chi connectivity index (χ1) is 6.31. The molecule has 1 N–H and O–H groups in total. The topological polar surface area (TPSA) is 46.3 Å². The highest BCUT2D eigenvalue weighted by Crippen LogP contribution is 2.20. The molecular weight excluding hydrogens is 234 g/mol. The van der Waals surface area contributed by atoms with Gasteiger partial charge in [-0.1, -0.05) is 22.0 Å². The van der Waals surface area contributed by atoms with Crippen molar-refractivity contribution in [2.75, 3.05) is 5.33 Å². The standard InChI is InChI=1S/C9H8BrNO2/c10-4-8(12)6-1-2-7-9(3-6)13-5-11-7/h1-3,5,8,12H,4H2. The van der Waals surface area contributed by atoms with Crippen molar-refractivity contribution in [1.29, 1.82) is 0 Å². The van der Waals surface area contributed by atoms with Gasteiger partial charge in [-0.25, -0.2) is 4.98 Å². The summed E-state index contributed by atoms with van der Waals surface area (Å²) in [6, 6.07) is 5.48. The molecular formula is C9H8BrNO2. The van der Waals surface area contributed by atoms with Crippen molar-refractivity contribution >= 4 is 27.0 Å². The van der Waals surface area contributed by atoms with Gasteiger partial charge in [-0.2, -0.15) is 0 Å². The summed E-state index contributed by atoms with van der Waals surface area (Å²) in [6.07, 6.45) is 0.907. The fourth-order valence-electron chi connectivity index (χ4n) is 1.17. The Morgan fingerprint density at radius 1 is 1.54 bits per heavy atom. The molecule has 1 atom stereocenters. The Labute approximate surface area is 83.5 Å². The van der Waals surface area contributed by atoms with E-state index in [2.05, 4.69) is 20.9 Å². The minimum atomic E-state index is -0.491. The molecule has 2 aromatic rings. The van der Waals surface area contributed by atoms with Crippen molar-refractivity contribution in [3.63, 3.8) is 0 Å². The molecule has 68 valence electrons. The number of aromatic nitrogens is 1. The third kappa shape index (κ3) is 1.59. The minimum Gasteiger partial charge on any atom is -0.443 e. The number of fused-ring (bicyclic) bond motifs is 1. The van der Waals surface area contributed by atoms with E-state index in [1.54, 1.807) is 6.07 Å². The Morgan fingerprint density at radius 2 is 2.38 bits per heavy atom. The van der Waals surface area contributed by atoms with E-state index >= 15 is 0 Å². The van der Waals surface area contributed by atoms with Crippen molar-refractivity contribution in [1.82, 2.24) is 4.98 Å². The molecule has 0 radical (unpaired) electrons. The number of oxazole rings is 1. The van der Waals surface area contributed by atoms with Gasteiger partial charge in [-0.05, 0) is 17.7 Å². The van der Waals surface area contributed by atoms with Crippen molar-refractivity contribution in [2.45, 2.75) is 6.10 Å². The van der Waals surface area contributed by atoms with E-state index in [9.17, 15) is 5.11 Å². The van der Waals surface area contributed by atoms with Gasteiger partial charge in [0, 0.05) is 5.33 Å². The van der Waals surface area contributed by atoms with E-state index in [1.165, 1.54) is 6.39 Å². The molecule has 1 aromatic carbocycles. The zero-order chi connectivity index (χ0) is 9.26. The molecule has 1 aromatic heterocycles. The number of rotatable bonds is 2. The van der Waals surface area contributed by atoms with E-state index in [0.29, 0.717) is 10.9 Å². The van der Waals surface area contributed by atoms with Gasteiger partial charge in [0.15, 0.2) is 12.0 Å². The maximum atomic E-state index is 9.52. The Morgan fingerprint density at radius 3 is 3.15 bits per heavy atom. The van der Waals surface area contributed by atoms with Crippen LogP contribution in [-0.2, 0) is 0 Å². The van der Waals surface area contributed by atoms with E-state index in [4.69, 9.17) is 4.42 Å². The van der Waals surface area contributed by atoms with Crippen LogP contribution in [0.3, 0.4) is 0 Å². The lowest BCUT2D eigenvalue weighted by molar-refractivity contribution is 0.205. The number of hydrogen-bond donors (Lipinski definition) is 1. The van der Waals surface area contributed by atoms with Gasteiger partial charge < -0.3 is 9.52 Å². The molecule has 0 aliphatic carbocycles. The highest BCUT2D eigenvalue weighted by atomic mass is 79.9. The highest BCUT2D eigenvalue weighted by molar-refractivity contribution is 9.09. The maximum Gasteiger partial charge on any atom is 0.181 e. The first kappa shape index (κ1) is 8.72. The van der Waals surface area contributed by atoms with Gasteiger partial charge in [0.1, 0.15) is 5.52 Å². The quantitative estimate of drug-likeness (QED) is 0.821. The van der Waals surface area contributed by atoms with Gasteiger partial charge in [0.25, 0.3) is 0 Å². The van der Waals surface area contributed by atoms with Crippen molar-refractivity contribution < 1.29 is 9.52 Å². The second-order valence-electron chi connectivity index (χ2n) is 2.75. The lowest BCUT2D eigenvalue weighted by Crippen LogP contribution is -1.97. The number of aliphatic hydroxyl groups is 1. The number of benzene rings is 1. The molecule has 3 nitrogen and oxygen atoms in total. The second-order valence-corrected chi connectivity index (χ2v) is 3.40. The average Bonchev–Trinajstić information content (AvgIpc) is 2.63. The number of alkyl halides is 1. The lowest BCUT2D eigenvalue weighted by Gasteiger charge is -2.05. The third-order valence-corrected chi connectivity index (χ3v) is 2.50. The van der Waals surface area contributed by atoms with Crippen molar-refractivity contribution in [2.24, 2.45) is 0 Å². The molecule has 0 bridgehead atoms. The Hall–Kier alpha value is -0.870. The molecule has 0 saturated heterocycles. The minimum absolute atomic E-state index is 0.491. The predicted molar refractivity (Wildman–Crippen MR) is 52.8 cm³/mol. The smallest absolute Gasteiger partial charge is 0.181 e. The fourth-order valence-corrected chi connectivity index (χ4v) is 1.54. The fraction of sp³-hybridized carbons (Fsp3) is 0.222. The summed E-state index contributed by atoms with van der Waals surface area (Å²) >= 11 is 3.21. The first-order valence-electron chi connectivity index (χ1n) is 3.88. The van der Waals surface area contributed by atoms with Crippen LogP contribution in [0.25, 0.3) is 11.1 Å². The van der Waals surface area contributed by atoms with Crippen LogP contribution in [0.2, 0.25) is 0 Å². The molecule has 0 spiro atoms.